The Balaban J connectivity index is 2.10. The van der Waals surface area contributed by atoms with Gasteiger partial charge in [-0.3, -0.25) is 19.7 Å². The van der Waals surface area contributed by atoms with Crippen molar-refractivity contribution in [1.82, 2.24) is 5.32 Å². The van der Waals surface area contributed by atoms with Crippen molar-refractivity contribution in [3.8, 4) is 0 Å². The van der Waals surface area contributed by atoms with Gasteiger partial charge in [0.1, 0.15) is 6.04 Å². The fraction of sp³-hybridized carbons (Fsp3) is 0.286. The molecule has 0 bridgehead atoms. The van der Waals surface area contributed by atoms with Crippen molar-refractivity contribution >= 4 is 29.2 Å². The highest BCUT2D eigenvalue weighted by molar-refractivity contribution is 6.05. The van der Waals surface area contributed by atoms with E-state index < -0.39 is 28.7 Å². The first-order valence-corrected chi connectivity index (χ1v) is 9.28. The first-order chi connectivity index (χ1) is 14.1. The lowest BCUT2D eigenvalue weighted by atomic mass is 10.0. The van der Waals surface area contributed by atoms with Gasteiger partial charge in [0.05, 0.1) is 4.92 Å². The van der Waals surface area contributed by atoms with Crippen LogP contribution in [0.2, 0.25) is 0 Å². The molecule has 2 amide bonds. The number of nitro benzene ring substituents is 1. The molecule has 0 fully saturated rings. The molecule has 0 saturated heterocycles. The van der Waals surface area contributed by atoms with Crippen LogP contribution in [0.1, 0.15) is 46.5 Å². The zero-order valence-corrected chi connectivity index (χ0v) is 16.8. The van der Waals surface area contributed by atoms with Gasteiger partial charge in [-0.25, -0.2) is 4.79 Å². The molecule has 0 radical (unpaired) electrons. The first kappa shape index (κ1) is 22.5. The SMILES string of the molecule is Cc1cc(C(=O)NC(CC(C)C)C(=O)O)ccc1NC(=O)c1ccc([N+](=O)[O-])cc1. The predicted octanol–water partition coefficient (Wildman–Crippen LogP) is 3.38. The van der Waals surface area contributed by atoms with Crippen molar-refractivity contribution in [2.45, 2.75) is 33.2 Å². The number of aryl methyl sites for hydroxylation is 1. The molecule has 2 aromatic carbocycles. The summed E-state index contributed by atoms with van der Waals surface area (Å²) in [6.45, 7) is 5.44. The summed E-state index contributed by atoms with van der Waals surface area (Å²) in [4.78, 5) is 46.3. The molecule has 0 aliphatic heterocycles. The van der Waals surface area contributed by atoms with Crippen LogP contribution in [0.5, 0.6) is 0 Å². The number of carbonyl (C=O) groups excluding carboxylic acids is 2. The molecule has 2 rings (SSSR count). The van der Waals surface area contributed by atoms with Crippen molar-refractivity contribution in [3.63, 3.8) is 0 Å². The van der Waals surface area contributed by atoms with Crippen LogP contribution in [0.15, 0.2) is 42.5 Å². The quantitative estimate of drug-likeness (QED) is 0.448. The third-order valence-electron chi connectivity index (χ3n) is 4.39. The Morgan fingerprint density at radius 3 is 2.13 bits per heavy atom. The first-order valence-electron chi connectivity index (χ1n) is 9.28. The molecule has 9 heteroatoms. The number of nitrogens with one attached hydrogen (secondary N) is 2. The molecule has 0 heterocycles. The molecular formula is C21H23N3O6. The topological polar surface area (TPSA) is 139 Å². The number of hydrogen-bond acceptors (Lipinski definition) is 5. The lowest BCUT2D eigenvalue weighted by Crippen LogP contribution is -2.41. The summed E-state index contributed by atoms with van der Waals surface area (Å²) in [7, 11) is 0. The predicted molar refractivity (Wildman–Crippen MR) is 111 cm³/mol. The van der Waals surface area contributed by atoms with Crippen LogP contribution < -0.4 is 10.6 Å². The van der Waals surface area contributed by atoms with Crippen LogP contribution in [0.25, 0.3) is 0 Å². The fourth-order valence-electron chi connectivity index (χ4n) is 2.81. The van der Waals surface area contributed by atoms with Crippen LogP contribution in [-0.2, 0) is 4.79 Å². The van der Waals surface area contributed by atoms with Gasteiger partial charge in [0, 0.05) is 28.9 Å². The highest BCUT2D eigenvalue weighted by atomic mass is 16.6. The third kappa shape index (κ3) is 5.87. The Labute approximate surface area is 173 Å². The normalized spacial score (nSPS) is 11.6. The van der Waals surface area contributed by atoms with Gasteiger partial charge >= 0.3 is 5.97 Å². The number of carboxylic acid groups (broad SMARTS) is 1. The molecule has 3 N–H and O–H groups in total. The third-order valence-corrected chi connectivity index (χ3v) is 4.39. The number of carboxylic acids is 1. The van der Waals surface area contributed by atoms with E-state index in [1.165, 1.54) is 30.3 Å². The zero-order chi connectivity index (χ0) is 22.4. The molecule has 158 valence electrons. The molecule has 0 aromatic heterocycles. The molecule has 0 aliphatic carbocycles. The van der Waals surface area contributed by atoms with Gasteiger partial charge in [0.2, 0.25) is 0 Å². The summed E-state index contributed by atoms with van der Waals surface area (Å²) >= 11 is 0. The zero-order valence-electron chi connectivity index (χ0n) is 16.8. The second-order valence-electron chi connectivity index (χ2n) is 7.28. The molecule has 1 atom stereocenters. The van der Waals surface area contributed by atoms with Crippen LogP contribution in [-0.4, -0.2) is 33.9 Å². The molecule has 0 spiro atoms. The van der Waals surface area contributed by atoms with Crippen molar-refractivity contribution in [2.75, 3.05) is 5.32 Å². The smallest absolute Gasteiger partial charge is 0.326 e. The Morgan fingerprint density at radius 1 is 1.03 bits per heavy atom. The number of rotatable bonds is 8. The largest absolute Gasteiger partial charge is 0.480 e. The summed E-state index contributed by atoms with van der Waals surface area (Å²) in [6.07, 6.45) is 0.309. The molecule has 9 nitrogen and oxygen atoms in total. The number of nitro groups is 1. The van der Waals surface area contributed by atoms with E-state index in [1.807, 2.05) is 13.8 Å². The summed E-state index contributed by atoms with van der Waals surface area (Å²) < 4.78 is 0. The highest BCUT2D eigenvalue weighted by Gasteiger charge is 2.22. The van der Waals surface area contributed by atoms with Gasteiger partial charge in [-0.1, -0.05) is 13.8 Å². The minimum absolute atomic E-state index is 0.102. The van der Waals surface area contributed by atoms with Crippen molar-refractivity contribution in [1.29, 1.82) is 0 Å². The van der Waals surface area contributed by atoms with Crippen LogP contribution in [0.4, 0.5) is 11.4 Å². The van der Waals surface area contributed by atoms with E-state index in [0.29, 0.717) is 17.7 Å². The number of carbonyl (C=O) groups is 3. The monoisotopic (exact) mass is 413 g/mol. The Hall–Kier alpha value is -3.75. The van der Waals surface area contributed by atoms with E-state index >= 15 is 0 Å². The number of hydrogen-bond donors (Lipinski definition) is 3. The highest BCUT2D eigenvalue weighted by Crippen LogP contribution is 2.19. The van der Waals surface area contributed by atoms with Gasteiger partial charge in [0.15, 0.2) is 0 Å². The minimum Gasteiger partial charge on any atom is -0.480 e. The van der Waals surface area contributed by atoms with Crippen molar-refractivity contribution in [3.05, 3.63) is 69.3 Å². The maximum atomic E-state index is 12.4. The van der Waals surface area contributed by atoms with E-state index in [1.54, 1.807) is 19.1 Å². The standard InChI is InChI=1S/C21H23N3O6/c1-12(2)10-18(21(27)28)23-20(26)15-6-9-17(13(3)11-15)22-19(25)14-4-7-16(8-5-14)24(29)30/h4-9,11-12,18H,10H2,1-3H3,(H,22,25)(H,23,26)(H,27,28). The summed E-state index contributed by atoms with van der Waals surface area (Å²) in [5, 5.41) is 25.2. The molecular weight excluding hydrogens is 390 g/mol. The number of non-ortho nitro benzene ring substituents is 1. The van der Waals surface area contributed by atoms with Crippen LogP contribution >= 0.6 is 0 Å². The van der Waals surface area contributed by atoms with E-state index in [0.717, 1.165) is 0 Å². The molecule has 0 saturated carbocycles. The lowest BCUT2D eigenvalue weighted by molar-refractivity contribution is -0.384. The van der Waals surface area contributed by atoms with Crippen molar-refractivity contribution < 1.29 is 24.4 Å². The number of benzene rings is 2. The number of aliphatic carboxylic acids is 1. The molecule has 30 heavy (non-hydrogen) atoms. The van der Waals surface area contributed by atoms with Gasteiger partial charge in [-0.05, 0) is 55.2 Å². The van der Waals surface area contributed by atoms with E-state index in [-0.39, 0.29) is 22.7 Å². The maximum absolute atomic E-state index is 12.4. The fourth-order valence-corrected chi connectivity index (χ4v) is 2.81. The summed E-state index contributed by atoms with van der Waals surface area (Å²) in [5.74, 6) is -1.96. The lowest BCUT2D eigenvalue weighted by Gasteiger charge is -2.17. The number of amides is 2. The Morgan fingerprint density at radius 2 is 1.63 bits per heavy atom. The van der Waals surface area contributed by atoms with Gasteiger partial charge in [0.25, 0.3) is 17.5 Å². The second-order valence-corrected chi connectivity index (χ2v) is 7.28. The Bertz CT molecular complexity index is 969. The molecule has 2 aromatic rings. The maximum Gasteiger partial charge on any atom is 0.326 e. The number of nitrogens with zero attached hydrogens (tertiary/aromatic N) is 1. The summed E-state index contributed by atoms with van der Waals surface area (Å²) in [6, 6.07) is 8.79. The minimum atomic E-state index is -1.10. The van der Waals surface area contributed by atoms with Crippen molar-refractivity contribution in [2.24, 2.45) is 5.92 Å². The van der Waals surface area contributed by atoms with Crippen LogP contribution in [0.3, 0.4) is 0 Å². The average Bonchev–Trinajstić information content (AvgIpc) is 2.68. The van der Waals surface area contributed by atoms with Gasteiger partial charge in [-0.15, -0.1) is 0 Å². The Kier molecular flexibility index (Phi) is 7.24. The summed E-state index contributed by atoms with van der Waals surface area (Å²) in [5.41, 5.74) is 1.48. The second kappa shape index (κ2) is 9.64. The van der Waals surface area contributed by atoms with E-state index in [4.69, 9.17) is 0 Å². The van der Waals surface area contributed by atoms with Gasteiger partial charge in [-0.2, -0.15) is 0 Å². The molecule has 1 unspecified atom stereocenters. The average molecular weight is 413 g/mol. The van der Waals surface area contributed by atoms with E-state index in [9.17, 15) is 29.6 Å². The van der Waals surface area contributed by atoms with E-state index in [2.05, 4.69) is 10.6 Å². The van der Waals surface area contributed by atoms with Gasteiger partial charge < -0.3 is 15.7 Å². The van der Waals surface area contributed by atoms with Crippen LogP contribution in [0, 0.1) is 23.0 Å². The number of anilines is 1. The molecule has 0 aliphatic rings.